The molecular weight excluding hydrogens is 306 g/mol. The zero-order valence-electron chi connectivity index (χ0n) is 10.9. The molecule has 1 heterocycles. The highest BCUT2D eigenvalue weighted by Crippen LogP contribution is 2.30. The van der Waals surface area contributed by atoms with Crippen molar-refractivity contribution in [1.82, 2.24) is 4.98 Å². The summed E-state index contributed by atoms with van der Waals surface area (Å²) in [5.41, 5.74) is 1.92. The van der Waals surface area contributed by atoms with Gasteiger partial charge in [-0.1, -0.05) is 0 Å². The molecular formula is C14H16BrN3O. The van der Waals surface area contributed by atoms with Gasteiger partial charge in [-0.15, -0.1) is 0 Å². The maximum atomic E-state index is 5.22. The van der Waals surface area contributed by atoms with Crippen LogP contribution in [0.3, 0.4) is 0 Å². The lowest BCUT2D eigenvalue weighted by molar-refractivity contribution is 0.415. The van der Waals surface area contributed by atoms with Crippen molar-refractivity contribution in [2.45, 2.75) is 6.92 Å². The zero-order chi connectivity index (χ0) is 13.7. The number of halogens is 1. The van der Waals surface area contributed by atoms with Gasteiger partial charge in [-0.25, -0.2) is 4.98 Å². The summed E-state index contributed by atoms with van der Waals surface area (Å²) in [4.78, 5) is 4.24. The molecule has 2 aromatic rings. The third-order valence-electron chi connectivity index (χ3n) is 2.57. The molecule has 0 unspecified atom stereocenters. The molecule has 0 spiro atoms. The summed E-state index contributed by atoms with van der Waals surface area (Å²) in [7, 11) is 1.66. The van der Waals surface area contributed by atoms with Crippen LogP contribution in [0.1, 0.15) is 6.92 Å². The molecule has 0 radical (unpaired) electrons. The van der Waals surface area contributed by atoms with E-state index in [0.29, 0.717) is 0 Å². The molecule has 0 saturated carbocycles. The Balaban J connectivity index is 2.22. The van der Waals surface area contributed by atoms with Crippen LogP contribution >= 0.6 is 15.9 Å². The first-order valence-electron chi connectivity index (χ1n) is 6.03. The molecule has 100 valence electrons. The summed E-state index contributed by atoms with van der Waals surface area (Å²) < 4.78 is 6.21. The van der Waals surface area contributed by atoms with Crippen LogP contribution in [-0.4, -0.2) is 18.6 Å². The highest BCUT2D eigenvalue weighted by molar-refractivity contribution is 9.10. The molecule has 5 heteroatoms. The van der Waals surface area contributed by atoms with E-state index in [-0.39, 0.29) is 0 Å². The fraction of sp³-hybridized carbons (Fsp3) is 0.214. The number of benzene rings is 1. The number of nitrogens with zero attached hydrogens (tertiary/aromatic N) is 1. The highest BCUT2D eigenvalue weighted by atomic mass is 79.9. The normalized spacial score (nSPS) is 10.1. The number of pyridine rings is 1. The van der Waals surface area contributed by atoms with E-state index in [1.54, 1.807) is 13.3 Å². The van der Waals surface area contributed by atoms with Gasteiger partial charge in [0.25, 0.3) is 0 Å². The van der Waals surface area contributed by atoms with Gasteiger partial charge in [-0.05, 0) is 41.1 Å². The molecule has 2 rings (SSSR count). The molecule has 1 aromatic heterocycles. The van der Waals surface area contributed by atoms with Crippen LogP contribution in [0.5, 0.6) is 5.75 Å². The maximum absolute atomic E-state index is 5.22. The summed E-state index contributed by atoms with van der Waals surface area (Å²) in [5, 5.41) is 6.52. The lowest BCUT2D eigenvalue weighted by atomic mass is 10.3. The van der Waals surface area contributed by atoms with Crippen LogP contribution in [-0.2, 0) is 0 Å². The molecule has 0 atom stereocenters. The van der Waals surface area contributed by atoms with Gasteiger partial charge in [-0.3, -0.25) is 0 Å². The summed E-state index contributed by atoms with van der Waals surface area (Å²) in [5.74, 6) is 1.66. The third kappa shape index (κ3) is 3.61. The summed E-state index contributed by atoms with van der Waals surface area (Å²) in [6, 6.07) is 9.69. The summed E-state index contributed by atoms with van der Waals surface area (Å²) >= 11 is 3.52. The van der Waals surface area contributed by atoms with Gasteiger partial charge in [0.05, 0.1) is 12.8 Å². The van der Waals surface area contributed by atoms with Crippen molar-refractivity contribution >= 4 is 33.1 Å². The van der Waals surface area contributed by atoms with E-state index in [0.717, 1.165) is 34.0 Å². The van der Waals surface area contributed by atoms with E-state index < -0.39 is 0 Å². The lowest BCUT2D eigenvalue weighted by Gasteiger charge is -2.11. The monoisotopic (exact) mass is 321 g/mol. The molecule has 19 heavy (non-hydrogen) atoms. The fourth-order valence-corrected chi connectivity index (χ4v) is 2.01. The molecule has 0 aliphatic rings. The van der Waals surface area contributed by atoms with Gasteiger partial charge in [0.1, 0.15) is 11.6 Å². The van der Waals surface area contributed by atoms with Gasteiger partial charge < -0.3 is 15.4 Å². The largest absolute Gasteiger partial charge is 0.497 e. The van der Waals surface area contributed by atoms with Crippen LogP contribution in [0.15, 0.2) is 41.0 Å². The second-order valence-corrected chi connectivity index (χ2v) is 4.79. The Bertz CT molecular complexity index is 560. The van der Waals surface area contributed by atoms with E-state index in [4.69, 9.17) is 4.74 Å². The van der Waals surface area contributed by atoms with Gasteiger partial charge in [0, 0.05) is 35.0 Å². The predicted octanol–water partition coefficient (Wildman–Crippen LogP) is 4.03. The molecule has 0 aliphatic carbocycles. The number of ether oxygens (including phenoxy) is 1. The SMILES string of the molecule is CCNc1cc(Nc2cc(OC)ccc2Br)ccn1. The van der Waals surface area contributed by atoms with E-state index in [1.807, 2.05) is 37.3 Å². The third-order valence-corrected chi connectivity index (χ3v) is 3.26. The Hall–Kier alpha value is -1.75. The second-order valence-electron chi connectivity index (χ2n) is 3.93. The molecule has 0 saturated heterocycles. The molecule has 1 aromatic carbocycles. The van der Waals surface area contributed by atoms with E-state index >= 15 is 0 Å². The number of methoxy groups -OCH3 is 1. The number of hydrogen-bond donors (Lipinski definition) is 2. The Morgan fingerprint density at radius 2 is 2.11 bits per heavy atom. The molecule has 4 nitrogen and oxygen atoms in total. The number of anilines is 3. The van der Waals surface area contributed by atoms with Gasteiger partial charge in [-0.2, -0.15) is 0 Å². The van der Waals surface area contributed by atoms with Gasteiger partial charge in [0.15, 0.2) is 0 Å². The van der Waals surface area contributed by atoms with E-state index in [1.165, 1.54) is 0 Å². The van der Waals surface area contributed by atoms with Crippen LogP contribution in [0.2, 0.25) is 0 Å². The van der Waals surface area contributed by atoms with E-state index in [9.17, 15) is 0 Å². The minimum absolute atomic E-state index is 0.812. The predicted molar refractivity (Wildman–Crippen MR) is 82.4 cm³/mol. The van der Waals surface area contributed by atoms with Gasteiger partial charge >= 0.3 is 0 Å². The van der Waals surface area contributed by atoms with E-state index in [2.05, 4.69) is 31.5 Å². The Labute approximate surface area is 121 Å². The number of nitrogens with one attached hydrogen (secondary N) is 2. The molecule has 0 fully saturated rings. The molecule has 0 bridgehead atoms. The minimum atomic E-state index is 0.812. The van der Waals surface area contributed by atoms with Crippen molar-refractivity contribution in [2.24, 2.45) is 0 Å². The van der Waals surface area contributed by atoms with Crippen LogP contribution in [0.4, 0.5) is 17.2 Å². The number of rotatable bonds is 5. The fourth-order valence-electron chi connectivity index (χ4n) is 1.67. The Morgan fingerprint density at radius 1 is 1.26 bits per heavy atom. The van der Waals surface area contributed by atoms with Crippen LogP contribution in [0, 0.1) is 0 Å². The van der Waals surface area contributed by atoms with Gasteiger partial charge in [0.2, 0.25) is 0 Å². The average Bonchev–Trinajstić information content (AvgIpc) is 2.42. The van der Waals surface area contributed by atoms with Crippen molar-refractivity contribution in [2.75, 3.05) is 24.3 Å². The summed E-state index contributed by atoms with van der Waals surface area (Å²) in [6.45, 7) is 2.89. The van der Waals surface area contributed by atoms with Crippen molar-refractivity contribution in [1.29, 1.82) is 0 Å². The van der Waals surface area contributed by atoms with Crippen molar-refractivity contribution in [3.8, 4) is 5.75 Å². The summed E-state index contributed by atoms with van der Waals surface area (Å²) in [6.07, 6.45) is 1.77. The number of hydrogen-bond acceptors (Lipinski definition) is 4. The first-order valence-corrected chi connectivity index (χ1v) is 6.82. The van der Waals surface area contributed by atoms with Crippen LogP contribution in [0.25, 0.3) is 0 Å². The van der Waals surface area contributed by atoms with Crippen molar-refractivity contribution in [3.63, 3.8) is 0 Å². The first-order chi connectivity index (χ1) is 9.22. The standard InChI is InChI=1S/C14H16BrN3O/c1-3-16-14-8-10(6-7-17-14)18-13-9-11(19-2)4-5-12(13)15/h4-9H,3H2,1-2H3,(H2,16,17,18). The minimum Gasteiger partial charge on any atom is -0.497 e. The smallest absolute Gasteiger partial charge is 0.127 e. The first kappa shape index (κ1) is 13.7. The second kappa shape index (κ2) is 6.43. The molecule has 2 N–H and O–H groups in total. The quantitative estimate of drug-likeness (QED) is 0.872. The Morgan fingerprint density at radius 3 is 2.84 bits per heavy atom. The van der Waals surface area contributed by atoms with Crippen LogP contribution < -0.4 is 15.4 Å². The highest BCUT2D eigenvalue weighted by Gasteiger charge is 2.03. The lowest BCUT2D eigenvalue weighted by Crippen LogP contribution is -2.00. The molecule has 0 amide bonds. The van der Waals surface area contributed by atoms with Crippen molar-refractivity contribution < 1.29 is 4.74 Å². The topological polar surface area (TPSA) is 46.2 Å². The number of aromatic nitrogens is 1. The Kier molecular flexibility index (Phi) is 4.63. The average molecular weight is 322 g/mol. The zero-order valence-corrected chi connectivity index (χ0v) is 12.5. The molecule has 0 aliphatic heterocycles. The van der Waals surface area contributed by atoms with Crippen molar-refractivity contribution in [3.05, 3.63) is 41.0 Å². The maximum Gasteiger partial charge on any atom is 0.127 e.